The molecule has 0 bridgehead atoms. The number of aromatic amines is 1. The maximum Gasteiger partial charge on any atom is 0.275 e. The molecule has 0 radical (unpaired) electrons. The molecule has 0 saturated heterocycles. The number of carbonyl (C=O) groups is 2. The fraction of sp³-hybridized carbons (Fsp3) is 0. The minimum Gasteiger partial charge on any atom is -0.360 e. The first-order chi connectivity index (χ1) is 11.6. The molecule has 0 aliphatic heterocycles. The number of amides is 2. The number of carbonyl (C=O) groups excluding carboxylic acids is 2. The predicted octanol–water partition coefficient (Wildman–Crippen LogP) is 2.26. The van der Waals surface area contributed by atoms with Crippen LogP contribution in [0.5, 0.6) is 0 Å². The Morgan fingerprint density at radius 1 is 0.958 bits per heavy atom. The van der Waals surface area contributed by atoms with Crippen LogP contribution < -0.4 is 16.3 Å². The molecule has 0 spiro atoms. The number of hydrogen-bond donors (Lipinski definition) is 3. The lowest BCUT2D eigenvalue weighted by molar-refractivity contribution is 0.0846. The molecule has 1 aromatic heterocycles. The van der Waals surface area contributed by atoms with Crippen molar-refractivity contribution >= 4 is 34.3 Å². The number of hydrogen-bond acceptors (Lipinski definition) is 3. The Labute approximate surface area is 141 Å². The Hall–Kier alpha value is -3.12. The molecule has 2 amide bonds. The summed E-state index contributed by atoms with van der Waals surface area (Å²) in [5.74, 6) is -1.20. The summed E-state index contributed by atoms with van der Waals surface area (Å²) in [5.41, 5.74) is 4.84. The highest BCUT2D eigenvalue weighted by Crippen LogP contribution is 2.14. The fourth-order valence-corrected chi connectivity index (χ4v) is 2.37. The van der Waals surface area contributed by atoms with Gasteiger partial charge in [0, 0.05) is 27.7 Å². The molecule has 120 valence electrons. The van der Waals surface area contributed by atoms with Gasteiger partial charge < -0.3 is 4.98 Å². The molecule has 3 aromatic rings. The summed E-state index contributed by atoms with van der Waals surface area (Å²) in [6.07, 6.45) is 1.29. The summed E-state index contributed by atoms with van der Waals surface area (Å²) in [6.45, 7) is 0. The van der Waals surface area contributed by atoms with Crippen LogP contribution in [-0.4, -0.2) is 16.8 Å². The second-order valence-electron chi connectivity index (χ2n) is 5.00. The maximum atomic E-state index is 12.4. The lowest BCUT2D eigenvalue weighted by Crippen LogP contribution is -2.43. The van der Waals surface area contributed by atoms with Gasteiger partial charge in [-0.15, -0.1) is 0 Å². The quantitative estimate of drug-likeness (QED) is 0.624. The average molecular weight is 342 g/mol. The highest BCUT2D eigenvalue weighted by Gasteiger charge is 2.14. The topological polar surface area (TPSA) is 91.1 Å². The second-order valence-corrected chi connectivity index (χ2v) is 5.43. The van der Waals surface area contributed by atoms with Gasteiger partial charge in [-0.25, -0.2) is 0 Å². The van der Waals surface area contributed by atoms with Crippen molar-refractivity contribution in [2.75, 3.05) is 0 Å². The van der Waals surface area contributed by atoms with Crippen molar-refractivity contribution in [3.05, 3.63) is 81.1 Å². The highest BCUT2D eigenvalue weighted by molar-refractivity contribution is 6.31. The van der Waals surface area contributed by atoms with Crippen molar-refractivity contribution in [2.45, 2.75) is 0 Å². The number of hydrazine groups is 1. The summed E-state index contributed by atoms with van der Waals surface area (Å²) < 4.78 is 0. The van der Waals surface area contributed by atoms with Gasteiger partial charge in [0.25, 0.3) is 11.8 Å². The lowest BCUT2D eigenvalue weighted by atomic mass is 10.1. The summed E-state index contributed by atoms with van der Waals surface area (Å²) in [4.78, 5) is 39.3. The normalized spacial score (nSPS) is 10.4. The van der Waals surface area contributed by atoms with Crippen LogP contribution >= 0.6 is 11.6 Å². The van der Waals surface area contributed by atoms with Gasteiger partial charge >= 0.3 is 0 Å². The summed E-state index contributed by atoms with van der Waals surface area (Å²) in [6, 6.07) is 13.2. The third kappa shape index (κ3) is 3.13. The van der Waals surface area contributed by atoms with Gasteiger partial charge in [-0.05, 0) is 30.3 Å². The maximum absolute atomic E-state index is 12.4. The standard InChI is InChI=1S/C17H12ClN3O3/c18-11-6-7-14-12(8-11)15(22)13(9-19-14)17(24)21-20-16(23)10-4-2-1-3-5-10/h1-9H,(H,19,22)(H,20,23)(H,21,24). The Bertz CT molecular complexity index is 983. The van der Waals surface area contributed by atoms with E-state index in [1.165, 1.54) is 12.3 Å². The van der Waals surface area contributed by atoms with Gasteiger partial charge in [0.05, 0.1) is 0 Å². The molecule has 6 nitrogen and oxygen atoms in total. The number of pyridine rings is 1. The number of H-pyrrole nitrogens is 1. The van der Waals surface area contributed by atoms with Gasteiger partial charge in [0.1, 0.15) is 5.56 Å². The van der Waals surface area contributed by atoms with E-state index in [1.54, 1.807) is 42.5 Å². The zero-order valence-corrected chi connectivity index (χ0v) is 13.1. The molecular weight excluding hydrogens is 330 g/mol. The Morgan fingerprint density at radius 3 is 2.42 bits per heavy atom. The molecule has 0 saturated carbocycles. The van der Waals surface area contributed by atoms with Crippen LogP contribution in [0.15, 0.2) is 59.5 Å². The molecule has 0 atom stereocenters. The van der Waals surface area contributed by atoms with E-state index in [2.05, 4.69) is 15.8 Å². The third-order valence-electron chi connectivity index (χ3n) is 3.41. The molecule has 0 aliphatic rings. The fourth-order valence-electron chi connectivity index (χ4n) is 2.20. The molecule has 0 aliphatic carbocycles. The van der Waals surface area contributed by atoms with Crippen LogP contribution in [0.1, 0.15) is 20.7 Å². The average Bonchev–Trinajstić information content (AvgIpc) is 2.61. The second kappa shape index (κ2) is 6.55. The Balaban J connectivity index is 1.80. The van der Waals surface area contributed by atoms with Crippen LogP contribution in [0.3, 0.4) is 0 Å². The van der Waals surface area contributed by atoms with E-state index in [0.717, 1.165) is 0 Å². The van der Waals surface area contributed by atoms with E-state index in [9.17, 15) is 14.4 Å². The smallest absolute Gasteiger partial charge is 0.275 e. The van der Waals surface area contributed by atoms with Crippen molar-refractivity contribution in [1.29, 1.82) is 0 Å². The minimum atomic E-state index is -0.720. The van der Waals surface area contributed by atoms with Crippen LogP contribution in [0, 0.1) is 0 Å². The largest absolute Gasteiger partial charge is 0.360 e. The lowest BCUT2D eigenvalue weighted by Gasteiger charge is -2.08. The van der Waals surface area contributed by atoms with E-state index in [0.29, 0.717) is 21.5 Å². The molecule has 3 rings (SSSR count). The number of nitrogens with one attached hydrogen (secondary N) is 3. The van der Waals surface area contributed by atoms with Crippen molar-refractivity contribution < 1.29 is 9.59 Å². The molecule has 7 heteroatoms. The van der Waals surface area contributed by atoms with E-state index in [-0.39, 0.29) is 5.56 Å². The van der Waals surface area contributed by atoms with Crippen molar-refractivity contribution in [1.82, 2.24) is 15.8 Å². The van der Waals surface area contributed by atoms with E-state index in [1.807, 2.05) is 0 Å². The SMILES string of the molecule is O=C(NNC(=O)c1c[nH]c2ccc(Cl)cc2c1=O)c1ccccc1. The number of fused-ring (bicyclic) bond motifs is 1. The van der Waals surface area contributed by atoms with Gasteiger partial charge in [0.15, 0.2) is 0 Å². The Kier molecular flexibility index (Phi) is 4.31. The van der Waals surface area contributed by atoms with Crippen LogP contribution in [0.4, 0.5) is 0 Å². The zero-order valence-electron chi connectivity index (χ0n) is 12.3. The van der Waals surface area contributed by atoms with E-state index >= 15 is 0 Å². The predicted molar refractivity (Wildman–Crippen MR) is 91.0 cm³/mol. The number of aromatic nitrogens is 1. The van der Waals surface area contributed by atoms with Crippen LogP contribution in [0.2, 0.25) is 5.02 Å². The number of benzene rings is 2. The van der Waals surface area contributed by atoms with E-state index in [4.69, 9.17) is 11.6 Å². The number of halogens is 1. The summed E-state index contributed by atoms with van der Waals surface area (Å²) >= 11 is 5.88. The number of rotatable bonds is 2. The highest BCUT2D eigenvalue weighted by atomic mass is 35.5. The monoisotopic (exact) mass is 341 g/mol. The Morgan fingerprint density at radius 2 is 1.67 bits per heavy atom. The molecule has 1 heterocycles. The first kappa shape index (κ1) is 15.8. The third-order valence-corrected chi connectivity index (χ3v) is 3.65. The van der Waals surface area contributed by atoms with Crippen molar-refractivity contribution in [3.63, 3.8) is 0 Å². The van der Waals surface area contributed by atoms with Crippen molar-refractivity contribution in [3.8, 4) is 0 Å². The van der Waals surface area contributed by atoms with Gasteiger partial charge in [-0.2, -0.15) is 0 Å². The van der Waals surface area contributed by atoms with Gasteiger partial charge in [-0.1, -0.05) is 29.8 Å². The molecule has 3 N–H and O–H groups in total. The molecule has 2 aromatic carbocycles. The zero-order chi connectivity index (χ0) is 17.1. The molecule has 0 unspecified atom stereocenters. The summed E-state index contributed by atoms with van der Waals surface area (Å²) in [7, 11) is 0. The summed E-state index contributed by atoms with van der Waals surface area (Å²) in [5, 5.41) is 0.687. The first-order valence-electron chi connectivity index (χ1n) is 7.03. The van der Waals surface area contributed by atoms with Crippen molar-refractivity contribution in [2.24, 2.45) is 0 Å². The van der Waals surface area contributed by atoms with Crippen LogP contribution in [0.25, 0.3) is 10.9 Å². The molecule has 0 fully saturated rings. The molecule has 24 heavy (non-hydrogen) atoms. The first-order valence-corrected chi connectivity index (χ1v) is 7.41. The van der Waals surface area contributed by atoms with Crippen LogP contribution in [-0.2, 0) is 0 Å². The molecular formula is C17H12ClN3O3. The van der Waals surface area contributed by atoms with Gasteiger partial charge in [-0.3, -0.25) is 25.2 Å². The van der Waals surface area contributed by atoms with E-state index < -0.39 is 17.2 Å². The van der Waals surface area contributed by atoms with Gasteiger partial charge in [0.2, 0.25) is 5.43 Å². The minimum absolute atomic E-state index is 0.127.